The highest BCUT2D eigenvalue weighted by Crippen LogP contribution is 2.36. The smallest absolute Gasteiger partial charge is 0.227 e. The van der Waals surface area contributed by atoms with Gasteiger partial charge in [-0.3, -0.25) is 9.79 Å². The molecule has 1 saturated carbocycles. The number of rotatable bonds is 4. The number of thioether (sulfide) groups is 1. The van der Waals surface area contributed by atoms with Crippen LogP contribution in [0.2, 0.25) is 0 Å². The lowest BCUT2D eigenvalue weighted by molar-refractivity contribution is -0.123. The topological polar surface area (TPSA) is 41.5 Å². The summed E-state index contributed by atoms with van der Waals surface area (Å²) in [4.78, 5) is 16.6. The molecule has 3 atom stereocenters. The molecule has 2 unspecified atom stereocenters. The largest absolute Gasteiger partial charge is 0.352 e. The van der Waals surface area contributed by atoms with Crippen LogP contribution in [-0.4, -0.2) is 17.5 Å². The molecule has 1 aromatic rings. The van der Waals surface area contributed by atoms with Gasteiger partial charge >= 0.3 is 0 Å². The van der Waals surface area contributed by atoms with Crippen molar-refractivity contribution in [3.8, 4) is 0 Å². The maximum Gasteiger partial charge on any atom is 0.227 e. The first kappa shape index (κ1) is 15.3. The van der Waals surface area contributed by atoms with Crippen LogP contribution in [0, 0.1) is 5.92 Å². The van der Waals surface area contributed by atoms with Gasteiger partial charge in [0.25, 0.3) is 0 Å². The second kappa shape index (κ2) is 6.69. The molecule has 0 bridgehead atoms. The van der Waals surface area contributed by atoms with Crippen molar-refractivity contribution in [1.29, 1.82) is 0 Å². The lowest BCUT2D eigenvalue weighted by Gasteiger charge is -2.15. The molecule has 0 radical (unpaired) electrons. The van der Waals surface area contributed by atoms with E-state index in [1.807, 2.05) is 5.55 Å². The van der Waals surface area contributed by atoms with Crippen LogP contribution < -0.4 is 5.32 Å². The number of hydrogen-bond acceptors (Lipinski definition) is 3. The van der Waals surface area contributed by atoms with Crippen LogP contribution >= 0.6 is 11.8 Å². The van der Waals surface area contributed by atoms with Crippen molar-refractivity contribution in [3.05, 3.63) is 47.5 Å². The molecule has 1 amide bonds. The highest BCUT2D eigenvalue weighted by Gasteiger charge is 2.26. The van der Waals surface area contributed by atoms with Gasteiger partial charge < -0.3 is 5.32 Å². The Labute approximate surface area is 136 Å². The van der Waals surface area contributed by atoms with Gasteiger partial charge in [0.2, 0.25) is 5.91 Å². The van der Waals surface area contributed by atoms with E-state index in [0.717, 1.165) is 30.4 Å². The summed E-state index contributed by atoms with van der Waals surface area (Å²) in [6.45, 7) is 6.73. The Morgan fingerprint density at radius 3 is 2.77 bits per heavy atom. The van der Waals surface area contributed by atoms with Crippen LogP contribution in [0.1, 0.15) is 42.6 Å². The average Bonchev–Trinajstić information content (AvgIpc) is 3.14. The van der Waals surface area contributed by atoms with Crippen LogP contribution in [0.25, 0.3) is 0 Å². The second-order valence-corrected chi connectivity index (χ2v) is 7.11. The van der Waals surface area contributed by atoms with E-state index in [-0.39, 0.29) is 11.8 Å². The maximum atomic E-state index is 12.2. The fraction of sp³-hybridized carbons (Fsp3) is 0.444. The van der Waals surface area contributed by atoms with Crippen LogP contribution in [0.4, 0.5) is 0 Å². The van der Waals surface area contributed by atoms with Gasteiger partial charge in [0.05, 0.1) is 22.8 Å². The van der Waals surface area contributed by atoms with Crippen LogP contribution in [0.3, 0.4) is 0 Å². The predicted molar refractivity (Wildman–Crippen MR) is 93.1 cm³/mol. The monoisotopic (exact) mass is 314 g/mol. The van der Waals surface area contributed by atoms with E-state index in [4.69, 9.17) is 0 Å². The number of carbonyl (C=O) groups excluding carboxylic acids is 1. The molecule has 1 aromatic carbocycles. The van der Waals surface area contributed by atoms with Gasteiger partial charge in [-0.1, -0.05) is 36.4 Å². The Bertz CT molecular complexity index is 594. The summed E-state index contributed by atoms with van der Waals surface area (Å²) in [5.41, 5.74) is 5.46. The zero-order valence-corrected chi connectivity index (χ0v) is 13.7. The van der Waals surface area contributed by atoms with Gasteiger partial charge in [-0.15, -0.1) is 11.8 Å². The molecule has 1 aliphatic carbocycles. The molecule has 1 N–H and O–H groups in total. The first-order valence-corrected chi connectivity index (χ1v) is 8.81. The zero-order valence-electron chi connectivity index (χ0n) is 12.9. The lowest BCUT2D eigenvalue weighted by Crippen LogP contribution is -2.29. The van der Waals surface area contributed by atoms with Gasteiger partial charge in [0.1, 0.15) is 0 Å². The molecule has 0 saturated heterocycles. The third-order valence-electron chi connectivity index (χ3n) is 4.52. The summed E-state index contributed by atoms with van der Waals surface area (Å²) in [7, 11) is 0. The first-order valence-electron chi connectivity index (χ1n) is 7.86. The molecule has 1 fully saturated rings. The van der Waals surface area contributed by atoms with Gasteiger partial charge in [0.15, 0.2) is 0 Å². The maximum absolute atomic E-state index is 12.2. The van der Waals surface area contributed by atoms with Gasteiger partial charge in [-0.2, -0.15) is 0 Å². The molecule has 0 spiro atoms. The third-order valence-corrected chi connectivity index (χ3v) is 5.72. The normalized spacial score (nSPS) is 27.3. The van der Waals surface area contributed by atoms with Crippen molar-refractivity contribution in [2.24, 2.45) is 10.9 Å². The van der Waals surface area contributed by atoms with Crippen molar-refractivity contribution in [1.82, 2.24) is 5.32 Å². The van der Waals surface area contributed by atoms with E-state index in [2.05, 4.69) is 48.1 Å². The van der Waals surface area contributed by atoms with E-state index < -0.39 is 0 Å². The molecule has 1 aliphatic heterocycles. The summed E-state index contributed by atoms with van der Waals surface area (Å²) >= 11 is 1.77. The molecule has 0 aromatic heterocycles. The standard InChI is InChI=1S/C18H22N2OS/c1-12-4-3-5-16(12)18(21)19-10-14-6-8-15(9-7-14)17-13(2)20-11-22-17/h6-9,11,13,16-17H,1,3-5,10H2,2H3,(H,19,21)/t13?,16-,17?/m1/s1. The van der Waals surface area contributed by atoms with E-state index in [0.29, 0.717) is 17.8 Å². The zero-order chi connectivity index (χ0) is 15.5. The molecular weight excluding hydrogens is 292 g/mol. The fourth-order valence-electron chi connectivity index (χ4n) is 3.11. The van der Waals surface area contributed by atoms with E-state index in [9.17, 15) is 4.79 Å². The minimum absolute atomic E-state index is 0.0205. The predicted octanol–water partition coefficient (Wildman–Crippen LogP) is 3.86. The Balaban J connectivity index is 1.55. The Kier molecular flexibility index (Phi) is 4.67. The first-order chi connectivity index (χ1) is 10.6. The lowest BCUT2D eigenvalue weighted by atomic mass is 10.0. The number of amides is 1. The highest BCUT2D eigenvalue weighted by atomic mass is 32.2. The van der Waals surface area contributed by atoms with Crippen molar-refractivity contribution in [2.75, 3.05) is 0 Å². The molecule has 1 heterocycles. The minimum Gasteiger partial charge on any atom is -0.352 e. The summed E-state index contributed by atoms with van der Waals surface area (Å²) < 4.78 is 0. The molecule has 2 aliphatic rings. The quantitative estimate of drug-likeness (QED) is 0.857. The molecule has 3 nitrogen and oxygen atoms in total. The average molecular weight is 314 g/mol. The van der Waals surface area contributed by atoms with Crippen LogP contribution in [0.5, 0.6) is 0 Å². The van der Waals surface area contributed by atoms with Crippen molar-refractivity contribution < 1.29 is 4.79 Å². The Morgan fingerprint density at radius 2 is 2.18 bits per heavy atom. The number of hydrogen-bond donors (Lipinski definition) is 1. The number of aliphatic imine (C=N–C) groups is 1. The van der Waals surface area contributed by atoms with Crippen molar-refractivity contribution in [3.63, 3.8) is 0 Å². The van der Waals surface area contributed by atoms with Gasteiger partial charge in [-0.25, -0.2) is 0 Å². The fourth-order valence-corrected chi connectivity index (χ4v) is 4.12. The molecule has 3 rings (SSSR count). The van der Waals surface area contributed by atoms with Crippen molar-refractivity contribution in [2.45, 2.75) is 44.0 Å². The van der Waals surface area contributed by atoms with E-state index in [1.54, 1.807) is 11.8 Å². The SMILES string of the molecule is C=C1CCC[C@H]1C(=O)NCc1ccc(C2SC=NC2C)cc1. The number of benzene rings is 1. The number of carbonyl (C=O) groups is 1. The second-order valence-electron chi connectivity index (χ2n) is 6.11. The summed E-state index contributed by atoms with van der Waals surface area (Å²) in [5.74, 6) is 0.145. The Morgan fingerprint density at radius 1 is 1.41 bits per heavy atom. The van der Waals surface area contributed by atoms with Crippen LogP contribution in [-0.2, 0) is 11.3 Å². The summed E-state index contributed by atoms with van der Waals surface area (Å²) in [6.07, 6.45) is 3.03. The molecule has 22 heavy (non-hydrogen) atoms. The van der Waals surface area contributed by atoms with Crippen LogP contribution in [0.15, 0.2) is 41.4 Å². The third kappa shape index (κ3) is 3.27. The van der Waals surface area contributed by atoms with Gasteiger partial charge in [-0.05, 0) is 37.3 Å². The number of nitrogens with zero attached hydrogens (tertiary/aromatic N) is 1. The number of nitrogens with one attached hydrogen (secondary N) is 1. The Hall–Kier alpha value is -1.55. The minimum atomic E-state index is 0.0205. The van der Waals surface area contributed by atoms with E-state index >= 15 is 0 Å². The molecular formula is C18H22N2OS. The molecule has 116 valence electrons. The summed E-state index contributed by atoms with van der Waals surface area (Å²) in [6, 6.07) is 8.84. The molecule has 4 heteroatoms. The van der Waals surface area contributed by atoms with Crippen molar-refractivity contribution >= 4 is 23.2 Å². The highest BCUT2D eigenvalue weighted by molar-refractivity contribution is 8.12. The van der Waals surface area contributed by atoms with Gasteiger partial charge in [0, 0.05) is 6.54 Å². The van der Waals surface area contributed by atoms with E-state index in [1.165, 1.54) is 5.56 Å². The summed E-state index contributed by atoms with van der Waals surface area (Å²) in [5, 5.41) is 3.46.